The first-order chi connectivity index (χ1) is 15.8. The fourth-order valence-electron chi connectivity index (χ4n) is 3.53. The predicted molar refractivity (Wildman–Crippen MR) is 129 cm³/mol. The van der Waals surface area contributed by atoms with Crippen LogP contribution in [0.4, 0.5) is 0 Å². The molecule has 8 nitrogen and oxygen atoms in total. The number of methoxy groups -OCH3 is 1. The van der Waals surface area contributed by atoms with Crippen molar-refractivity contribution in [2.75, 3.05) is 47.4 Å². The third-order valence-corrected chi connectivity index (χ3v) is 7.57. The van der Waals surface area contributed by atoms with Crippen molar-refractivity contribution < 1.29 is 17.9 Å². The highest BCUT2D eigenvalue weighted by Crippen LogP contribution is 2.19. The van der Waals surface area contributed by atoms with Crippen LogP contribution in [0, 0.1) is 0 Å². The number of benzene rings is 2. The van der Waals surface area contributed by atoms with Crippen molar-refractivity contribution in [1.29, 1.82) is 0 Å². The van der Waals surface area contributed by atoms with Crippen LogP contribution in [0.25, 0.3) is 0 Å². The molecule has 0 bridgehead atoms. The van der Waals surface area contributed by atoms with Crippen LogP contribution in [-0.2, 0) is 21.2 Å². The summed E-state index contributed by atoms with van der Waals surface area (Å²) in [6.07, 6.45) is 1.51. The largest absolute Gasteiger partial charge is 0.497 e. The second-order valence-corrected chi connectivity index (χ2v) is 10.1. The lowest BCUT2D eigenvalue weighted by Crippen LogP contribution is -2.31. The highest BCUT2D eigenvalue weighted by atomic mass is 32.2. The molecule has 33 heavy (non-hydrogen) atoms. The maximum Gasteiger partial charge on any atom is 0.242 e. The number of carbonyl (C=O) groups excluding carboxylic acids is 1. The molecule has 1 aliphatic rings. The van der Waals surface area contributed by atoms with Gasteiger partial charge >= 0.3 is 0 Å². The van der Waals surface area contributed by atoms with Gasteiger partial charge in [0.05, 0.1) is 18.6 Å². The Morgan fingerprint density at radius 3 is 2.36 bits per heavy atom. The maximum absolute atomic E-state index is 12.7. The SMILES string of the molecule is COc1ccc(S(=O)(=O)N(C)CCCC(=O)N(C)CCc2ccc(C3=NCCN3)cc2)cc1. The van der Waals surface area contributed by atoms with Crippen LogP contribution in [-0.4, -0.2) is 76.7 Å². The Morgan fingerprint density at radius 1 is 1.06 bits per heavy atom. The molecular weight excluding hydrogens is 440 g/mol. The molecular formula is C24H32N4O4S. The summed E-state index contributed by atoms with van der Waals surface area (Å²) in [6, 6.07) is 14.5. The normalized spacial score (nSPS) is 13.5. The standard InChI is InChI=1S/C24H32N4O4S/c1-27(18-14-19-6-8-20(9-7-19)24-25-15-16-26-24)23(29)5-4-17-28(2)33(30,31)22-12-10-21(32-3)11-13-22/h6-13H,4-5,14-18H2,1-3H3,(H,25,26). The fraction of sp³-hybridized carbons (Fsp3) is 0.417. The Balaban J connectivity index is 1.42. The topological polar surface area (TPSA) is 91.3 Å². The summed E-state index contributed by atoms with van der Waals surface area (Å²) < 4.78 is 31.7. The Kier molecular flexibility index (Phi) is 8.46. The van der Waals surface area contributed by atoms with Gasteiger partial charge in [0.25, 0.3) is 0 Å². The van der Waals surface area contributed by atoms with Crippen LogP contribution in [0.2, 0.25) is 0 Å². The highest BCUT2D eigenvalue weighted by Gasteiger charge is 2.21. The van der Waals surface area contributed by atoms with E-state index in [1.54, 1.807) is 24.1 Å². The van der Waals surface area contributed by atoms with Crippen LogP contribution in [0.1, 0.15) is 24.0 Å². The molecule has 0 atom stereocenters. The molecule has 178 valence electrons. The minimum atomic E-state index is -3.60. The van der Waals surface area contributed by atoms with Gasteiger partial charge in [0.15, 0.2) is 0 Å². The maximum atomic E-state index is 12.7. The van der Waals surface area contributed by atoms with E-state index in [2.05, 4.69) is 22.4 Å². The lowest BCUT2D eigenvalue weighted by molar-refractivity contribution is -0.130. The number of hydrogen-bond donors (Lipinski definition) is 1. The lowest BCUT2D eigenvalue weighted by atomic mass is 10.1. The molecule has 3 rings (SSSR count). The summed E-state index contributed by atoms with van der Waals surface area (Å²) in [7, 11) is 1.25. The van der Waals surface area contributed by atoms with Crippen molar-refractivity contribution in [3.8, 4) is 5.75 Å². The van der Waals surface area contributed by atoms with E-state index in [9.17, 15) is 13.2 Å². The molecule has 2 aromatic rings. The number of likely N-dealkylation sites (N-methyl/N-ethyl adjacent to an activating group) is 1. The van der Waals surface area contributed by atoms with Crippen molar-refractivity contribution >= 4 is 21.8 Å². The van der Waals surface area contributed by atoms with Gasteiger partial charge in [0.2, 0.25) is 15.9 Å². The summed E-state index contributed by atoms with van der Waals surface area (Å²) in [5.74, 6) is 1.54. The van der Waals surface area contributed by atoms with E-state index in [0.717, 1.165) is 36.5 Å². The zero-order valence-corrected chi connectivity index (χ0v) is 20.3. The van der Waals surface area contributed by atoms with Gasteiger partial charge in [-0.15, -0.1) is 0 Å². The van der Waals surface area contributed by atoms with Gasteiger partial charge in [-0.2, -0.15) is 0 Å². The third kappa shape index (κ3) is 6.55. The molecule has 9 heteroatoms. The van der Waals surface area contributed by atoms with Gasteiger partial charge in [0, 0.05) is 45.7 Å². The van der Waals surface area contributed by atoms with Crippen molar-refractivity contribution in [1.82, 2.24) is 14.5 Å². The van der Waals surface area contributed by atoms with Gasteiger partial charge in [-0.3, -0.25) is 9.79 Å². The van der Waals surface area contributed by atoms with Crippen LogP contribution < -0.4 is 10.1 Å². The van der Waals surface area contributed by atoms with Crippen LogP contribution in [0.15, 0.2) is 58.4 Å². The van der Waals surface area contributed by atoms with E-state index in [1.807, 2.05) is 12.1 Å². The zero-order chi connectivity index (χ0) is 23.8. The first-order valence-electron chi connectivity index (χ1n) is 11.0. The number of nitrogens with one attached hydrogen (secondary N) is 1. The molecule has 1 heterocycles. The van der Waals surface area contributed by atoms with E-state index in [-0.39, 0.29) is 17.3 Å². The first kappa shape index (κ1) is 24.7. The summed E-state index contributed by atoms with van der Waals surface area (Å²) in [5.41, 5.74) is 2.23. The summed E-state index contributed by atoms with van der Waals surface area (Å²) >= 11 is 0. The van der Waals surface area contributed by atoms with Gasteiger partial charge in [-0.1, -0.05) is 24.3 Å². The summed E-state index contributed by atoms with van der Waals surface area (Å²) in [5, 5.41) is 3.26. The average molecular weight is 473 g/mol. The fourth-order valence-corrected chi connectivity index (χ4v) is 4.74. The van der Waals surface area contributed by atoms with E-state index in [4.69, 9.17) is 4.74 Å². The molecule has 0 aliphatic carbocycles. The smallest absolute Gasteiger partial charge is 0.242 e. The molecule has 0 radical (unpaired) electrons. The third-order valence-electron chi connectivity index (χ3n) is 5.69. The molecule has 0 fully saturated rings. The number of aliphatic imine (C=N–C) groups is 1. The van der Waals surface area contributed by atoms with Crippen molar-refractivity contribution in [2.24, 2.45) is 4.99 Å². The van der Waals surface area contributed by atoms with Crippen molar-refractivity contribution in [2.45, 2.75) is 24.2 Å². The number of amidine groups is 1. The number of hydrogen-bond acceptors (Lipinski definition) is 6. The van der Waals surface area contributed by atoms with Gasteiger partial charge in [-0.05, 0) is 42.7 Å². The second kappa shape index (κ2) is 11.3. The molecule has 1 amide bonds. The molecule has 0 aromatic heterocycles. The number of amides is 1. The number of ether oxygens (including phenoxy) is 1. The minimum absolute atomic E-state index is 0.00590. The molecule has 0 unspecified atom stereocenters. The van der Waals surface area contributed by atoms with E-state index in [0.29, 0.717) is 25.1 Å². The van der Waals surface area contributed by atoms with Gasteiger partial charge in [0.1, 0.15) is 11.6 Å². The molecule has 0 saturated heterocycles. The zero-order valence-electron chi connectivity index (χ0n) is 19.5. The van der Waals surface area contributed by atoms with Crippen LogP contribution in [0.5, 0.6) is 5.75 Å². The molecule has 1 aliphatic heterocycles. The van der Waals surface area contributed by atoms with Crippen molar-refractivity contribution in [3.05, 3.63) is 59.7 Å². The van der Waals surface area contributed by atoms with Crippen LogP contribution in [0.3, 0.4) is 0 Å². The average Bonchev–Trinajstić information content (AvgIpc) is 3.37. The van der Waals surface area contributed by atoms with Gasteiger partial charge in [-0.25, -0.2) is 12.7 Å². The molecule has 0 saturated carbocycles. The molecule has 2 aromatic carbocycles. The monoisotopic (exact) mass is 472 g/mol. The number of nitrogens with zero attached hydrogens (tertiary/aromatic N) is 3. The van der Waals surface area contributed by atoms with Gasteiger partial charge < -0.3 is 15.0 Å². The summed E-state index contributed by atoms with van der Waals surface area (Å²) in [6.45, 7) is 2.57. The number of carbonyl (C=O) groups is 1. The Hall–Kier alpha value is -2.91. The van der Waals surface area contributed by atoms with Crippen LogP contribution >= 0.6 is 0 Å². The quantitative estimate of drug-likeness (QED) is 0.541. The molecule has 0 spiro atoms. The summed E-state index contributed by atoms with van der Waals surface area (Å²) in [4.78, 5) is 18.8. The highest BCUT2D eigenvalue weighted by molar-refractivity contribution is 7.89. The predicted octanol–water partition coefficient (Wildman–Crippen LogP) is 2.15. The second-order valence-electron chi connectivity index (χ2n) is 8.02. The molecule has 1 N–H and O–H groups in total. The Bertz CT molecular complexity index is 1070. The van der Waals surface area contributed by atoms with E-state index < -0.39 is 10.0 Å². The Labute approximate surface area is 196 Å². The van der Waals surface area contributed by atoms with Crippen molar-refractivity contribution in [3.63, 3.8) is 0 Å². The van der Waals surface area contributed by atoms with E-state index >= 15 is 0 Å². The number of sulfonamides is 1. The van der Waals surface area contributed by atoms with E-state index in [1.165, 1.54) is 30.6 Å². The number of rotatable bonds is 11. The Morgan fingerprint density at radius 2 is 1.76 bits per heavy atom. The lowest BCUT2D eigenvalue weighted by Gasteiger charge is -2.20. The minimum Gasteiger partial charge on any atom is -0.497 e. The first-order valence-corrected chi connectivity index (χ1v) is 12.5.